The summed E-state index contributed by atoms with van der Waals surface area (Å²) in [7, 11) is 1.17. The Bertz CT molecular complexity index is 840. The Morgan fingerprint density at radius 2 is 2.04 bits per heavy atom. The first kappa shape index (κ1) is 17.2. The highest BCUT2D eigenvalue weighted by atomic mass is 35.5. The number of amides is 1. The zero-order valence-electron chi connectivity index (χ0n) is 13.3. The summed E-state index contributed by atoms with van der Waals surface area (Å²) < 4.78 is 24.1. The van der Waals surface area contributed by atoms with Crippen molar-refractivity contribution in [3.05, 3.63) is 63.9 Å². The molecule has 1 aliphatic heterocycles. The monoisotopic (exact) mass is 363 g/mol. The maximum atomic E-state index is 14.0. The molecule has 3 rings (SSSR count). The van der Waals surface area contributed by atoms with Crippen LogP contribution in [-0.2, 0) is 4.74 Å². The van der Waals surface area contributed by atoms with E-state index in [1.807, 2.05) is 0 Å². The van der Waals surface area contributed by atoms with Gasteiger partial charge in [-0.15, -0.1) is 0 Å². The van der Waals surface area contributed by atoms with Crippen molar-refractivity contribution in [2.75, 3.05) is 13.7 Å². The predicted molar refractivity (Wildman–Crippen MR) is 89.5 cm³/mol. The molecule has 5 nitrogen and oxygen atoms in total. The average molecular weight is 364 g/mol. The summed E-state index contributed by atoms with van der Waals surface area (Å²) in [4.78, 5) is 24.2. The van der Waals surface area contributed by atoms with E-state index in [1.165, 1.54) is 13.2 Å². The van der Waals surface area contributed by atoms with Gasteiger partial charge in [-0.1, -0.05) is 23.7 Å². The van der Waals surface area contributed by atoms with Crippen LogP contribution in [0.25, 0.3) is 0 Å². The van der Waals surface area contributed by atoms with E-state index in [0.717, 1.165) is 6.07 Å². The van der Waals surface area contributed by atoms with E-state index in [2.05, 4.69) is 10.1 Å². The summed E-state index contributed by atoms with van der Waals surface area (Å²) in [6.45, 7) is 0.317. The fourth-order valence-electron chi connectivity index (χ4n) is 2.71. The quantitative estimate of drug-likeness (QED) is 0.847. The number of carbonyl (C=O) groups is 2. The van der Waals surface area contributed by atoms with E-state index in [-0.39, 0.29) is 11.5 Å². The number of esters is 1. The number of hydrogen-bond acceptors (Lipinski definition) is 4. The van der Waals surface area contributed by atoms with Crippen molar-refractivity contribution >= 4 is 23.5 Å². The van der Waals surface area contributed by atoms with Crippen molar-refractivity contribution in [2.45, 2.75) is 12.5 Å². The summed E-state index contributed by atoms with van der Waals surface area (Å²) in [6.07, 6.45) is 0.482. The van der Waals surface area contributed by atoms with E-state index in [0.29, 0.717) is 34.9 Å². The van der Waals surface area contributed by atoms with Gasteiger partial charge >= 0.3 is 5.97 Å². The summed E-state index contributed by atoms with van der Waals surface area (Å²) in [5.41, 5.74) is 0.657. The van der Waals surface area contributed by atoms with Gasteiger partial charge < -0.3 is 14.8 Å². The lowest BCUT2D eigenvalue weighted by Gasteiger charge is -2.27. The van der Waals surface area contributed by atoms with Crippen LogP contribution in [0.3, 0.4) is 0 Å². The van der Waals surface area contributed by atoms with Crippen LogP contribution in [0, 0.1) is 5.82 Å². The number of carbonyl (C=O) groups excluding carboxylic acids is 2. The van der Waals surface area contributed by atoms with Gasteiger partial charge in [-0.2, -0.15) is 0 Å². The Morgan fingerprint density at radius 1 is 1.28 bits per heavy atom. The van der Waals surface area contributed by atoms with Crippen LogP contribution in [-0.4, -0.2) is 25.6 Å². The molecule has 1 aliphatic rings. The first-order valence-electron chi connectivity index (χ1n) is 7.61. The van der Waals surface area contributed by atoms with Gasteiger partial charge in [0.2, 0.25) is 0 Å². The third-order valence-corrected chi connectivity index (χ3v) is 4.30. The lowest BCUT2D eigenvalue weighted by molar-refractivity contribution is 0.0595. The standard InChI is InChI=1S/C18H15ClFNO4/c1-24-18(23)11-8-12-15(6-7-25-16(12)9-14(11)20)21-17(22)10-4-2-3-5-13(10)19/h2-5,8-9,15H,6-7H2,1H3,(H,21,22)/t15-/m1/s1. The highest BCUT2D eigenvalue weighted by molar-refractivity contribution is 6.33. The number of nitrogens with one attached hydrogen (secondary N) is 1. The molecule has 0 bridgehead atoms. The van der Waals surface area contributed by atoms with Crippen LogP contribution in [0.15, 0.2) is 36.4 Å². The Morgan fingerprint density at radius 3 is 2.76 bits per heavy atom. The second-order valence-corrected chi connectivity index (χ2v) is 5.91. The molecular formula is C18H15ClFNO4. The van der Waals surface area contributed by atoms with E-state index < -0.39 is 17.8 Å². The molecule has 130 valence electrons. The third kappa shape index (κ3) is 3.44. The fourth-order valence-corrected chi connectivity index (χ4v) is 2.93. The molecule has 2 aromatic rings. The second kappa shape index (κ2) is 7.11. The number of fused-ring (bicyclic) bond motifs is 1. The molecule has 0 aliphatic carbocycles. The Labute approximate surface area is 148 Å². The summed E-state index contributed by atoms with van der Waals surface area (Å²) in [5, 5.41) is 3.19. The van der Waals surface area contributed by atoms with Crippen LogP contribution in [0.1, 0.15) is 38.7 Å². The molecular weight excluding hydrogens is 349 g/mol. The van der Waals surface area contributed by atoms with E-state index in [1.54, 1.807) is 24.3 Å². The summed E-state index contributed by atoms with van der Waals surface area (Å²) in [5.74, 6) is -1.58. The van der Waals surface area contributed by atoms with Gasteiger partial charge in [0.1, 0.15) is 11.6 Å². The fraction of sp³-hybridized carbons (Fsp3) is 0.222. The number of ether oxygens (including phenoxy) is 2. The zero-order valence-corrected chi connectivity index (χ0v) is 14.1. The molecule has 1 atom stereocenters. The molecule has 1 heterocycles. The maximum Gasteiger partial charge on any atom is 0.340 e. The third-order valence-electron chi connectivity index (χ3n) is 3.97. The maximum absolute atomic E-state index is 14.0. The van der Waals surface area contributed by atoms with Crippen LogP contribution in [0.4, 0.5) is 4.39 Å². The number of benzene rings is 2. The number of rotatable bonds is 3. The van der Waals surface area contributed by atoms with Gasteiger partial charge in [0, 0.05) is 18.1 Å². The van der Waals surface area contributed by atoms with Gasteiger partial charge in [-0.3, -0.25) is 4.79 Å². The van der Waals surface area contributed by atoms with E-state index >= 15 is 0 Å². The SMILES string of the molecule is COC(=O)c1cc2c(cc1F)OCC[C@H]2NC(=O)c1ccccc1Cl. The minimum Gasteiger partial charge on any atom is -0.493 e. The van der Waals surface area contributed by atoms with Crippen LogP contribution in [0.2, 0.25) is 5.02 Å². The number of halogens is 2. The molecule has 0 aromatic heterocycles. The largest absolute Gasteiger partial charge is 0.493 e. The van der Waals surface area contributed by atoms with Gasteiger partial charge in [0.25, 0.3) is 5.91 Å². The van der Waals surface area contributed by atoms with Gasteiger partial charge in [0.05, 0.1) is 35.9 Å². The zero-order chi connectivity index (χ0) is 18.0. The summed E-state index contributed by atoms with van der Waals surface area (Å²) in [6, 6.07) is 8.73. The van der Waals surface area contributed by atoms with Crippen molar-refractivity contribution in [1.82, 2.24) is 5.32 Å². The Hall–Kier alpha value is -2.60. The van der Waals surface area contributed by atoms with Crippen molar-refractivity contribution < 1.29 is 23.5 Å². The number of methoxy groups -OCH3 is 1. The molecule has 25 heavy (non-hydrogen) atoms. The number of hydrogen-bond donors (Lipinski definition) is 1. The minimum absolute atomic E-state index is 0.205. The second-order valence-electron chi connectivity index (χ2n) is 5.50. The minimum atomic E-state index is -0.790. The Kier molecular flexibility index (Phi) is 4.90. The lowest BCUT2D eigenvalue weighted by Crippen LogP contribution is -2.32. The van der Waals surface area contributed by atoms with Gasteiger partial charge in [-0.25, -0.2) is 9.18 Å². The van der Waals surface area contributed by atoms with Crippen molar-refractivity contribution in [3.63, 3.8) is 0 Å². The molecule has 2 aromatic carbocycles. The molecule has 1 N–H and O–H groups in total. The average Bonchev–Trinajstić information content (AvgIpc) is 2.61. The molecule has 0 radical (unpaired) electrons. The smallest absolute Gasteiger partial charge is 0.340 e. The highest BCUT2D eigenvalue weighted by Crippen LogP contribution is 2.34. The molecule has 0 saturated carbocycles. The topological polar surface area (TPSA) is 64.6 Å². The van der Waals surface area contributed by atoms with Crippen LogP contribution < -0.4 is 10.1 Å². The van der Waals surface area contributed by atoms with E-state index in [4.69, 9.17) is 16.3 Å². The molecule has 0 spiro atoms. The van der Waals surface area contributed by atoms with Gasteiger partial charge in [-0.05, 0) is 18.2 Å². The normalized spacial score (nSPS) is 15.7. The highest BCUT2D eigenvalue weighted by Gasteiger charge is 2.27. The first-order valence-corrected chi connectivity index (χ1v) is 7.99. The molecule has 7 heteroatoms. The predicted octanol–water partition coefficient (Wildman–Crippen LogP) is 3.52. The van der Waals surface area contributed by atoms with Crippen molar-refractivity contribution in [2.24, 2.45) is 0 Å². The van der Waals surface area contributed by atoms with Crippen molar-refractivity contribution in [1.29, 1.82) is 0 Å². The van der Waals surface area contributed by atoms with Gasteiger partial charge in [0.15, 0.2) is 0 Å². The Balaban J connectivity index is 1.92. The van der Waals surface area contributed by atoms with E-state index in [9.17, 15) is 14.0 Å². The summed E-state index contributed by atoms with van der Waals surface area (Å²) >= 11 is 6.05. The van der Waals surface area contributed by atoms with Crippen LogP contribution >= 0.6 is 11.6 Å². The molecule has 0 saturated heterocycles. The van der Waals surface area contributed by atoms with Crippen LogP contribution in [0.5, 0.6) is 5.75 Å². The molecule has 0 fully saturated rings. The van der Waals surface area contributed by atoms with Crippen molar-refractivity contribution in [3.8, 4) is 5.75 Å². The molecule has 0 unspecified atom stereocenters. The molecule has 1 amide bonds. The first-order chi connectivity index (χ1) is 12.0. The lowest BCUT2D eigenvalue weighted by atomic mass is 9.97.